The lowest BCUT2D eigenvalue weighted by atomic mass is 9.66. The molecular weight excluding hydrogens is 1630 g/mol. The molecule has 5 nitrogen and oxygen atoms in total. The van der Waals surface area contributed by atoms with Crippen molar-refractivity contribution in [1.82, 2.24) is 9.97 Å². The first-order valence-corrected chi connectivity index (χ1v) is 46.3. The molecule has 0 fully saturated rings. The average Bonchev–Trinajstić information content (AvgIpc) is 1.51. The standard InChI is InChI=1S/C69H41NO.C60H35NO2/c1-3-23-52-50(21-1)66(43-34-37-59-54(39-43)48-20-8-12-28-58(48)69(59)60-29-13-15-31-64(60)71-65-32-16-14-30-61(65)69)51-22-2-4-24-53(51)67(52)44-35-38-63(70-41-44)42-33-36-49-47-19-7-11-27-57(47)68(62(49)40-42)55-25-9-5-17-45(55)46-18-6-10-26-56(46)68;1-2-14-37-34-57-48(31-36(37)13-1)47-32-38(27-30-54(47)62-57)53-29-26-40(35-61-53)59-44-18-5-3-16-42(44)58(43-17-4-6-19-45(43)59)39-25-28-50-46(33-39)41-15-7-8-20-49(41)60(50)51-21-9-11-23-55(51)63-56-24-12-10-22-52(56)60/h1-41H;1-35H. The molecule has 134 heavy (non-hydrogen) atoms. The summed E-state index contributed by atoms with van der Waals surface area (Å²) in [6, 6.07) is 164. The highest BCUT2D eigenvalue weighted by Crippen LogP contribution is 2.67. The van der Waals surface area contributed by atoms with E-state index < -0.39 is 16.2 Å². The molecule has 0 atom stereocenters. The molecule has 3 aromatic heterocycles. The molecule has 2 aliphatic heterocycles. The Morgan fingerprint density at radius 1 is 0.164 bits per heavy atom. The van der Waals surface area contributed by atoms with Crippen LogP contribution in [0.2, 0.25) is 0 Å². The van der Waals surface area contributed by atoms with Crippen LogP contribution in [0.4, 0.5) is 0 Å². The highest BCUT2D eigenvalue weighted by molar-refractivity contribution is 6.24. The van der Waals surface area contributed by atoms with Gasteiger partial charge in [-0.3, -0.25) is 9.97 Å². The summed E-state index contributed by atoms with van der Waals surface area (Å²) in [5.74, 6) is 3.61. The Balaban J connectivity index is 0.000000132. The van der Waals surface area contributed by atoms with Crippen molar-refractivity contribution in [3.63, 3.8) is 0 Å². The summed E-state index contributed by atoms with van der Waals surface area (Å²) in [6.45, 7) is 0. The van der Waals surface area contributed by atoms with Gasteiger partial charge < -0.3 is 13.9 Å². The molecule has 30 rings (SSSR count). The third-order valence-corrected chi connectivity index (χ3v) is 30.2. The average molecular weight is 1700 g/mol. The quantitative estimate of drug-likeness (QED) is 0.155. The van der Waals surface area contributed by atoms with Crippen molar-refractivity contribution < 1.29 is 13.9 Å². The molecule has 21 aromatic carbocycles. The molecule has 0 bridgehead atoms. The lowest BCUT2D eigenvalue weighted by molar-refractivity contribution is 0.436. The summed E-state index contributed by atoms with van der Waals surface area (Å²) < 4.78 is 19.5. The van der Waals surface area contributed by atoms with Gasteiger partial charge >= 0.3 is 0 Å². The Bertz CT molecular complexity index is 8960. The van der Waals surface area contributed by atoms with Crippen molar-refractivity contribution in [3.8, 4) is 135 Å². The highest BCUT2D eigenvalue weighted by Gasteiger charge is 2.55. The van der Waals surface area contributed by atoms with Crippen LogP contribution in [0.3, 0.4) is 0 Å². The lowest BCUT2D eigenvalue weighted by Crippen LogP contribution is -2.32. The fourth-order valence-electron chi connectivity index (χ4n) is 24.8. The number of pyridine rings is 2. The van der Waals surface area contributed by atoms with Gasteiger partial charge in [-0.2, -0.15) is 0 Å². The van der Waals surface area contributed by atoms with Crippen LogP contribution < -0.4 is 9.47 Å². The van der Waals surface area contributed by atoms with Gasteiger partial charge in [0, 0.05) is 67.7 Å². The Labute approximate surface area is 773 Å². The molecule has 0 saturated heterocycles. The van der Waals surface area contributed by atoms with Gasteiger partial charge in [-0.1, -0.05) is 364 Å². The topological polar surface area (TPSA) is 57.4 Å². The van der Waals surface area contributed by atoms with E-state index in [9.17, 15) is 0 Å². The van der Waals surface area contributed by atoms with Gasteiger partial charge in [-0.25, -0.2) is 0 Å². The maximum atomic E-state index is 6.62. The summed E-state index contributed by atoms with van der Waals surface area (Å²) in [7, 11) is 0. The van der Waals surface area contributed by atoms with Gasteiger partial charge in [0.15, 0.2) is 0 Å². The van der Waals surface area contributed by atoms with E-state index in [1.54, 1.807) is 0 Å². The monoisotopic (exact) mass is 1700 g/mol. The number of hydrogen-bond acceptors (Lipinski definition) is 5. The number of benzene rings is 21. The molecule has 0 amide bonds. The second-order valence-corrected chi connectivity index (χ2v) is 36.5. The van der Waals surface area contributed by atoms with E-state index in [0.29, 0.717) is 0 Å². The molecule has 24 aromatic rings. The molecule has 620 valence electrons. The second-order valence-electron chi connectivity index (χ2n) is 36.5. The first-order valence-electron chi connectivity index (χ1n) is 46.3. The smallest absolute Gasteiger partial charge is 0.136 e. The van der Waals surface area contributed by atoms with Crippen LogP contribution in [-0.4, -0.2) is 9.97 Å². The molecule has 0 unspecified atom stereocenters. The van der Waals surface area contributed by atoms with Crippen LogP contribution in [0.5, 0.6) is 23.0 Å². The Morgan fingerprint density at radius 3 is 0.821 bits per heavy atom. The Morgan fingerprint density at radius 2 is 0.440 bits per heavy atom. The molecule has 4 aliphatic carbocycles. The normalized spacial score (nSPS) is 13.8. The number of rotatable bonds is 6. The van der Waals surface area contributed by atoms with Gasteiger partial charge in [-0.05, 0) is 261 Å². The zero-order valence-electron chi connectivity index (χ0n) is 72.5. The van der Waals surface area contributed by atoms with Crippen molar-refractivity contribution in [1.29, 1.82) is 0 Å². The van der Waals surface area contributed by atoms with E-state index >= 15 is 0 Å². The zero-order valence-corrected chi connectivity index (χ0v) is 72.5. The first-order chi connectivity index (χ1) is 66.4. The van der Waals surface area contributed by atoms with Crippen molar-refractivity contribution in [2.45, 2.75) is 16.2 Å². The van der Waals surface area contributed by atoms with Crippen molar-refractivity contribution >= 4 is 75.8 Å². The van der Waals surface area contributed by atoms with E-state index in [-0.39, 0.29) is 0 Å². The van der Waals surface area contributed by atoms with Crippen LogP contribution in [0.1, 0.15) is 66.8 Å². The number of hydrogen-bond donors (Lipinski definition) is 0. The molecule has 6 aliphatic rings. The van der Waals surface area contributed by atoms with Crippen LogP contribution in [-0.2, 0) is 16.2 Å². The predicted octanol–water partition coefficient (Wildman–Crippen LogP) is 33.1. The fraction of sp³-hybridized carbons (Fsp3) is 0.0233. The molecule has 5 heteroatoms. The van der Waals surface area contributed by atoms with E-state index in [2.05, 4.69) is 455 Å². The Hall–Kier alpha value is -17.4. The molecule has 0 N–H and O–H groups in total. The maximum Gasteiger partial charge on any atom is 0.136 e. The van der Waals surface area contributed by atoms with Gasteiger partial charge in [0.25, 0.3) is 0 Å². The zero-order chi connectivity index (χ0) is 87.6. The minimum Gasteiger partial charge on any atom is -0.457 e. The van der Waals surface area contributed by atoms with Gasteiger partial charge in [0.1, 0.15) is 34.2 Å². The van der Waals surface area contributed by atoms with Crippen molar-refractivity contribution in [2.75, 3.05) is 0 Å². The van der Waals surface area contributed by atoms with E-state index in [1.807, 2.05) is 6.20 Å². The number of fused-ring (bicyclic) bond motifs is 36. The molecular formula is C129H76N2O3. The van der Waals surface area contributed by atoms with Crippen molar-refractivity contribution in [3.05, 3.63) is 528 Å². The summed E-state index contributed by atoms with van der Waals surface area (Å²) in [5.41, 5.74) is 39.3. The lowest BCUT2D eigenvalue weighted by Gasteiger charge is -2.39. The molecule has 0 radical (unpaired) electrons. The third kappa shape index (κ3) is 10.2. The summed E-state index contributed by atoms with van der Waals surface area (Å²) in [4.78, 5) is 10.5. The van der Waals surface area contributed by atoms with Crippen molar-refractivity contribution in [2.24, 2.45) is 0 Å². The number of para-hydroxylation sites is 4. The first kappa shape index (κ1) is 74.5. The second kappa shape index (κ2) is 28.3. The number of aromatic nitrogens is 2. The highest BCUT2D eigenvalue weighted by atomic mass is 16.5. The van der Waals surface area contributed by atoms with E-state index in [1.165, 1.54) is 199 Å². The number of furan rings is 1. The van der Waals surface area contributed by atoms with Crippen LogP contribution in [0.15, 0.2) is 466 Å². The maximum absolute atomic E-state index is 6.62. The molecule has 3 spiro atoms. The third-order valence-electron chi connectivity index (χ3n) is 30.2. The summed E-state index contributed by atoms with van der Waals surface area (Å²) in [6.07, 6.45) is 4.14. The summed E-state index contributed by atoms with van der Waals surface area (Å²) in [5, 5.41) is 14.3. The van der Waals surface area contributed by atoms with Gasteiger partial charge in [-0.15, -0.1) is 0 Å². The predicted molar refractivity (Wildman–Crippen MR) is 547 cm³/mol. The summed E-state index contributed by atoms with van der Waals surface area (Å²) >= 11 is 0. The fourth-order valence-corrected chi connectivity index (χ4v) is 24.8. The molecule has 5 heterocycles. The minimum atomic E-state index is -0.511. The van der Waals surface area contributed by atoms with E-state index in [4.69, 9.17) is 23.9 Å². The minimum absolute atomic E-state index is 0.403. The largest absolute Gasteiger partial charge is 0.457 e. The van der Waals surface area contributed by atoms with Gasteiger partial charge in [0.05, 0.1) is 27.6 Å². The SMILES string of the molecule is c1ccc2c(c1)Oc1ccccc1C21c2ccccc2-c2cc(-c3c4ccccc4c(-c4ccc(-c5ccc6c(c5)C5(c7ccccc7-c7ccccc75)c5ccccc5-6)nc4)c4ccccc34)ccc21.c1ccc2c(c1)Oc1ccccc1C21c2ccccc2-c2cc(-c3c4ccccc4c(-c4ccc(-c5ccc6oc7cc8ccccc8cc7c6c5)nc4)c4ccccc34)ccc21. The van der Waals surface area contributed by atoms with Gasteiger partial charge in [0.2, 0.25) is 0 Å². The number of ether oxygens (including phenoxy) is 2. The Kier molecular flexibility index (Phi) is 15.7. The molecule has 0 saturated carbocycles. The van der Waals surface area contributed by atoms with Crippen LogP contribution in [0.25, 0.3) is 187 Å². The van der Waals surface area contributed by atoms with E-state index in [0.717, 1.165) is 78.6 Å². The number of nitrogens with zero attached hydrogens (tertiary/aromatic N) is 2. The van der Waals surface area contributed by atoms with Crippen LogP contribution in [0, 0.1) is 0 Å². The van der Waals surface area contributed by atoms with Crippen LogP contribution >= 0.6 is 0 Å².